The molecule has 0 saturated carbocycles. The summed E-state index contributed by atoms with van der Waals surface area (Å²) in [7, 11) is 1.54. The summed E-state index contributed by atoms with van der Waals surface area (Å²) >= 11 is 7.10. The van der Waals surface area contributed by atoms with Gasteiger partial charge >= 0.3 is 0 Å². The standard InChI is InChI=1S/C19H16ClNO4S/c1-11-3-5-13(14(20)7-11)10-25-15-6-4-12(8-16(15)24-2)9-17-18(22)21-19(23)26-17/h3-9H,10H2,1-2H3,(H,21,22,23)/b17-9+. The molecule has 0 atom stereocenters. The summed E-state index contributed by atoms with van der Waals surface area (Å²) in [6, 6.07) is 11.1. The number of benzene rings is 2. The fraction of sp³-hybridized carbons (Fsp3) is 0.158. The van der Waals surface area contributed by atoms with Crippen LogP contribution in [0.3, 0.4) is 0 Å². The molecule has 2 amide bonds. The summed E-state index contributed by atoms with van der Waals surface area (Å²) in [5, 5.41) is 2.50. The third-order valence-corrected chi connectivity index (χ3v) is 4.88. The predicted molar refractivity (Wildman–Crippen MR) is 103 cm³/mol. The van der Waals surface area contributed by atoms with Crippen molar-refractivity contribution in [1.82, 2.24) is 5.32 Å². The van der Waals surface area contributed by atoms with Crippen molar-refractivity contribution in [2.75, 3.05) is 7.11 Å². The first kappa shape index (κ1) is 18.4. The smallest absolute Gasteiger partial charge is 0.290 e. The van der Waals surface area contributed by atoms with Gasteiger partial charge in [0.1, 0.15) is 6.61 Å². The van der Waals surface area contributed by atoms with Crippen LogP contribution in [0.25, 0.3) is 6.08 Å². The summed E-state index contributed by atoms with van der Waals surface area (Å²) in [5.74, 6) is 0.691. The minimum absolute atomic E-state index is 0.308. The van der Waals surface area contributed by atoms with E-state index in [1.165, 1.54) is 0 Å². The Bertz CT molecular complexity index is 910. The van der Waals surface area contributed by atoms with Crippen LogP contribution >= 0.6 is 23.4 Å². The van der Waals surface area contributed by atoms with Gasteiger partial charge in [-0.2, -0.15) is 0 Å². The Morgan fingerprint density at radius 1 is 1.15 bits per heavy atom. The van der Waals surface area contributed by atoms with E-state index in [9.17, 15) is 9.59 Å². The summed E-state index contributed by atoms with van der Waals surface area (Å²) < 4.78 is 11.2. The second-order valence-electron chi connectivity index (χ2n) is 5.65. The quantitative estimate of drug-likeness (QED) is 0.759. The van der Waals surface area contributed by atoms with Crippen LogP contribution in [0.15, 0.2) is 41.3 Å². The molecule has 26 heavy (non-hydrogen) atoms. The number of carbonyl (C=O) groups is 2. The Kier molecular flexibility index (Phi) is 5.54. The van der Waals surface area contributed by atoms with Gasteiger partial charge in [-0.1, -0.05) is 29.8 Å². The van der Waals surface area contributed by atoms with Crippen LogP contribution in [0.4, 0.5) is 4.79 Å². The molecule has 0 spiro atoms. The molecule has 7 heteroatoms. The molecular weight excluding hydrogens is 374 g/mol. The first-order valence-corrected chi connectivity index (χ1v) is 8.96. The third kappa shape index (κ3) is 4.20. The maximum absolute atomic E-state index is 11.6. The summed E-state index contributed by atoms with van der Waals surface area (Å²) in [6.45, 7) is 2.28. The van der Waals surface area contributed by atoms with Gasteiger partial charge in [0.25, 0.3) is 11.1 Å². The number of rotatable bonds is 5. The molecule has 2 aromatic carbocycles. The Labute approximate surface area is 160 Å². The molecule has 3 rings (SSSR count). The lowest BCUT2D eigenvalue weighted by Gasteiger charge is -2.12. The molecule has 1 heterocycles. The van der Waals surface area contributed by atoms with Crippen molar-refractivity contribution < 1.29 is 19.1 Å². The topological polar surface area (TPSA) is 64.6 Å². The van der Waals surface area contributed by atoms with Crippen molar-refractivity contribution >= 4 is 40.6 Å². The van der Waals surface area contributed by atoms with Gasteiger partial charge in [-0.15, -0.1) is 0 Å². The van der Waals surface area contributed by atoms with E-state index >= 15 is 0 Å². The molecule has 5 nitrogen and oxygen atoms in total. The SMILES string of the molecule is COc1cc(/C=C2/SC(=O)NC2=O)ccc1OCc1ccc(C)cc1Cl. The number of amides is 2. The molecule has 134 valence electrons. The van der Waals surface area contributed by atoms with Gasteiger partial charge in [-0.3, -0.25) is 14.9 Å². The Hall–Kier alpha value is -2.44. The van der Waals surface area contributed by atoms with Gasteiger partial charge in [0.15, 0.2) is 11.5 Å². The van der Waals surface area contributed by atoms with Gasteiger partial charge in [0.05, 0.1) is 12.0 Å². The highest BCUT2D eigenvalue weighted by molar-refractivity contribution is 8.18. The minimum Gasteiger partial charge on any atom is -0.493 e. The number of imide groups is 1. The normalized spacial score (nSPS) is 15.3. The summed E-state index contributed by atoms with van der Waals surface area (Å²) in [6.07, 6.45) is 1.63. The number of thioether (sulfide) groups is 1. The largest absolute Gasteiger partial charge is 0.493 e. The van der Waals surface area contributed by atoms with E-state index in [0.717, 1.165) is 28.5 Å². The number of aryl methyl sites for hydroxylation is 1. The van der Waals surface area contributed by atoms with Gasteiger partial charge in [-0.25, -0.2) is 0 Å². The molecule has 0 radical (unpaired) electrons. The van der Waals surface area contributed by atoms with E-state index in [1.54, 1.807) is 31.4 Å². The lowest BCUT2D eigenvalue weighted by Crippen LogP contribution is -2.17. The van der Waals surface area contributed by atoms with E-state index in [4.69, 9.17) is 21.1 Å². The van der Waals surface area contributed by atoms with Crippen LogP contribution in [0, 0.1) is 6.92 Å². The Balaban J connectivity index is 1.77. The second-order valence-corrected chi connectivity index (χ2v) is 7.07. The van der Waals surface area contributed by atoms with Crippen LogP contribution in [-0.4, -0.2) is 18.3 Å². The molecule has 1 aliphatic heterocycles. The van der Waals surface area contributed by atoms with Crippen molar-refractivity contribution in [3.05, 3.63) is 63.0 Å². The van der Waals surface area contributed by atoms with E-state index in [1.807, 2.05) is 25.1 Å². The highest BCUT2D eigenvalue weighted by Gasteiger charge is 2.25. The predicted octanol–water partition coefficient (Wildman–Crippen LogP) is 4.56. The number of nitrogens with one attached hydrogen (secondary N) is 1. The maximum Gasteiger partial charge on any atom is 0.290 e. The molecule has 1 aliphatic rings. The Morgan fingerprint density at radius 3 is 2.62 bits per heavy atom. The number of methoxy groups -OCH3 is 1. The number of hydrogen-bond donors (Lipinski definition) is 1. The van der Waals surface area contributed by atoms with Crippen LogP contribution in [0.1, 0.15) is 16.7 Å². The molecular formula is C19H16ClNO4S. The molecule has 0 aromatic heterocycles. The molecule has 0 bridgehead atoms. The number of hydrogen-bond acceptors (Lipinski definition) is 5. The molecule has 2 aromatic rings. The third-order valence-electron chi connectivity index (χ3n) is 3.72. The van der Waals surface area contributed by atoms with Crippen molar-refractivity contribution in [3.63, 3.8) is 0 Å². The monoisotopic (exact) mass is 389 g/mol. The van der Waals surface area contributed by atoms with Gasteiger partial charge in [-0.05, 0) is 54.1 Å². The van der Waals surface area contributed by atoms with Crippen LogP contribution in [0.2, 0.25) is 5.02 Å². The molecule has 0 unspecified atom stereocenters. The summed E-state index contributed by atoms with van der Waals surface area (Å²) in [4.78, 5) is 23.2. The first-order chi connectivity index (χ1) is 12.5. The number of carbonyl (C=O) groups excluding carboxylic acids is 2. The lowest BCUT2D eigenvalue weighted by atomic mass is 10.1. The Morgan fingerprint density at radius 2 is 1.96 bits per heavy atom. The molecule has 1 N–H and O–H groups in total. The average Bonchev–Trinajstić information content (AvgIpc) is 2.92. The lowest BCUT2D eigenvalue weighted by molar-refractivity contribution is -0.115. The van der Waals surface area contributed by atoms with Crippen LogP contribution in [-0.2, 0) is 11.4 Å². The van der Waals surface area contributed by atoms with Gasteiger partial charge in [0, 0.05) is 10.6 Å². The molecule has 1 fully saturated rings. The van der Waals surface area contributed by atoms with Crippen molar-refractivity contribution in [2.45, 2.75) is 13.5 Å². The zero-order chi connectivity index (χ0) is 18.7. The maximum atomic E-state index is 11.6. The van der Waals surface area contributed by atoms with E-state index in [-0.39, 0.29) is 5.24 Å². The zero-order valence-electron chi connectivity index (χ0n) is 14.2. The highest BCUT2D eigenvalue weighted by Crippen LogP contribution is 2.32. The van der Waals surface area contributed by atoms with Crippen molar-refractivity contribution in [3.8, 4) is 11.5 Å². The molecule has 0 aliphatic carbocycles. The van der Waals surface area contributed by atoms with Gasteiger partial charge < -0.3 is 9.47 Å². The van der Waals surface area contributed by atoms with Gasteiger partial charge in [0.2, 0.25) is 0 Å². The highest BCUT2D eigenvalue weighted by atomic mass is 35.5. The first-order valence-electron chi connectivity index (χ1n) is 7.77. The number of halogens is 1. The summed E-state index contributed by atoms with van der Waals surface area (Å²) in [5.41, 5.74) is 2.69. The van der Waals surface area contributed by atoms with E-state index < -0.39 is 5.91 Å². The van der Waals surface area contributed by atoms with Crippen LogP contribution in [0.5, 0.6) is 11.5 Å². The van der Waals surface area contributed by atoms with Crippen molar-refractivity contribution in [1.29, 1.82) is 0 Å². The fourth-order valence-corrected chi connectivity index (χ4v) is 3.36. The van der Waals surface area contributed by atoms with E-state index in [0.29, 0.717) is 28.0 Å². The average molecular weight is 390 g/mol. The molecule has 1 saturated heterocycles. The van der Waals surface area contributed by atoms with E-state index in [2.05, 4.69) is 5.32 Å². The minimum atomic E-state index is -0.395. The second kappa shape index (κ2) is 7.85. The van der Waals surface area contributed by atoms with Crippen LogP contribution < -0.4 is 14.8 Å². The zero-order valence-corrected chi connectivity index (χ0v) is 15.7. The number of ether oxygens (including phenoxy) is 2. The van der Waals surface area contributed by atoms with Crippen molar-refractivity contribution in [2.24, 2.45) is 0 Å². The fourth-order valence-electron chi connectivity index (χ4n) is 2.39.